The quantitative estimate of drug-likeness (QED) is 0.533. The second-order valence-electron chi connectivity index (χ2n) is 4.68. The fraction of sp³-hybridized carbons (Fsp3) is 0.143. The number of rotatable bonds is 2. The molecular weight excluding hydrogens is 322 g/mol. The first-order valence-electron chi connectivity index (χ1n) is 6.36. The zero-order valence-corrected chi connectivity index (χ0v) is 13.4. The molecule has 0 aliphatic carbocycles. The van der Waals surface area contributed by atoms with Gasteiger partial charge in [0.2, 0.25) is 0 Å². The molecule has 0 radical (unpaired) electrons. The van der Waals surface area contributed by atoms with Crippen molar-refractivity contribution < 1.29 is 9.72 Å². The van der Waals surface area contributed by atoms with Gasteiger partial charge in [-0.15, -0.1) is 0 Å². The Hall–Kier alpha value is -2.32. The van der Waals surface area contributed by atoms with E-state index in [2.05, 4.69) is 4.99 Å². The molecule has 8 heteroatoms. The van der Waals surface area contributed by atoms with Crippen molar-refractivity contribution in [3.63, 3.8) is 0 Å². The molecule has 0 unspecified atom stereocenters. The lowest BCUT2D eigenvalue weighted by Gasteiger charge is -1.98. The van der Waals surface area contributed by atoms with E-state index >= 15 is 0 Å². The maximum absolute atomic E-state index is 12.2. The Morgan fingerprint density at radius 2 is 2.05 bits per heavy atom. The van der Waals surface area contributed by atoms with Crippen molar-refractivity contribution in [1.29, 1.82) is 0 Å². The Morgan fingerprint density at radius 1 is 1.27 bits per heavy atom. The molecule has 2 heterocycles. The van der Waals surface area contributed by atoms with Gasteiger partial charge >= 0.3 is 5.00 Å². The molecule has 0 atom stereocenters. The fourth-order valence-corrected chi connectivity index (χ4v) is 3.99. The number of nitrogens with zero attached hydrogens (tertiary/aromatic N) is 3. The van der Waals surface area contributed by atoms with Crippen LogP contribution in [0.3, 0.4) is 0 Å². The summed E-state index contributed by atoms with van der Waals surface area (Å²) in [5.74, 6) is -0.460. The van der Waals surface area contributed by atoms with Crippen molar-refractivity contribution in [3.8, 4) is 0 Å². The summed E-state index contributed by atoms with van der Waals surface area (Å²) in [6.07, 6.45) is 0. The molecule has 6 nitrogen and oxygen atoms in total. The predicted molar refractivity (Wildman–Crippen MR) is 86.4 cm³/mol. The maximum Gasteiger partial charge on any atom is 0.324 e. The fourth-order valence-electron chi connectivity index (χ4n) is 2.19. The van der Waals surface area contributed by atoms with E-state index in [1.54, 1.807) is 0 Å². The van der Waals surface area contributed by atoms with Gasteiger partial charge in [0.05, 0.1) is 15.1 Å². The van der Waals surface area contributed by atoms with E-state index in [0.29, 0.717) is 4.80 Å². The van der Waals surface area contributed by atoms with Crippen LogP contribution in [0.5, 0.6) is 0 Å². The van der Waals surface area contributed by atoms with E-state index in [0.717, 1.165) is 27.1 Å². The zero-order chi connectivity index (χ0) is 15.9. The zero-order valence-electron chi connectivity index (χ0n) is 11.8. The van der Waals surface area contributed by atoms with Gasteiger partial charge in [-0.25, -0.2) is 0 Å². The average molecular weight is 333 g/mol. The number of benzene rings is 1. The highest BCUT2D eigenvalue weighted by atomic mass is 32.1. The van der Waals surface area contributed by atoms with Crippen LogP contribution >= 0.6 is 22.7 Å². The van der Waals surface area contributed by atoms with Gasteiger partial charge in [0.25, 0.3) is 5.91 Å². The number of hydrogen-bond donors (Lipinski definition) is 0. The Bertz CT molecular complexity index is 965. The summed E-state index contributed by atoms with van der Waals surface area (Å²) >= 11 is 2.26. The summed E-state index contributed by atoms with van der Waals surface area (Å²) in [4.78, 5) is 27.3. The number of hydrogen-bond acceptors (Lipinski definition) is 5. The standard InChI is InChI=1S/C14H11N3O3S2/c1-8-4-3-5-9-12(8)16(2)14(22-9)15-13(18)10-6-7-11(21-10)17(19)20/h3-7H,1-2H3. The van der Waals surface area contributed by atoms with Crippen molar-refractivity contribution in [1.82, 2.24) is 4.57 Å². The molecule has 0 N–H and O–H groups in total. The molecule has 112 valence electrons. The van der Waals surface area contributed by atoms with Gasteiger partial charge in [-0.05, 0) is 24.6 Å². The third-order valence-electron chi connectivity index (χ3n) is 3.20. The van der Waals surface area contributed by atoms with Crippen LogP contribution in [0.15, 0.2) is 35.3 Å². The summed E-state index contributed by atoms with van der Waals surface area (Å²) in [6, 6.07) is 8.70. The first-order valence-corrected chi connectivity index (χ1v) is 7.99. The van der Waals surface area contributed by atoms with Crippen molar-refractivity contribution >= 4 is 43.8 Å². The van der Waals surface area contributed by atoms with Crippen LogP contribution in [0.2, 0.25) is 0 Å². The number of thiazole rings is 1. The summed E-state index contributed by atoms with van der Waals surface area (Å²) in [7, 11) is 1.86. The van der Waals surface area contributed by atoms with Crippen LogP contribution in [0.1, 0.15) is 15.2 Å². The first-order chi connectivity index (χ1) is 10.5. The molecular formula is C14H11N3O3S2. The highest BCUT2D eigenvalue weighted by Gasteiger charge is 2.15. The van der Waals surface area contributed by atoms with Crippen molar-refractivity contribution in [2.24, 2.45) is 12.0 Å². The molecule has 3 aromatic rings. The smallest absolute Gasteiger partial charge is 0.319 e. The molecule has 0 spiro atoms. The summed E-state index contributed by atoms with van der Waals surface area (Å²) in [6.45, 7) is 2.00. The summed E-state index contributed by atoms with van der Waals surface area (Å²) < 4.78 is 2.92. The number of aromatic nitrogens is 1. The first kappa shape index (κ1) is 14.6. The number of carbonyl (C=O) groups is 1. The number of fused-ring (bicyclic) bond motifs is 1. The Labute approximate surface area is 133 Å². The predicted octanol–water partition coefficient (Wildman–Crippen LogP) is 3.26. The summed E-state index contributed by atoms with van der Waals surface area (Å²) in [5.41, 5.74) is 2.15. The van der Waals surface area contributed by atoms with Crippen LogP contribution in [0, 0.1) is 17.0 Å². The Balaban J connectivity index is 2.08. The molecule has 0 aliphatic heterocycles. The van der Waals surface area contributed by atoms with Crippen LogP contribution in [-0.2, 0) is 7.05 Å². The number of nitro groups is 1. The van der Waals surface area contributed by atoms with Gasteiger partial charge in [-0.1, -0.05) is 34.8 Å². The van der Waals surface area contributed by atoms with Crippen LogP contribution in [0.25, 0.3) is 10.2 Å². The Kier molecular flexibility index (Phi) is 3.63. The van der Waals surface area contributed by atoms with Gasteiger partial charge < -0.3 is 4.57 Å². The number of para-hydroxylation sites is 1. The second-order valence-corrected chi connectivity index (χ2v) is 6.75. The molecule has 3 rings (SSSR count). The topological polar surface area (TPSA) is 77.5 Å². The summed E-state index contributed by atoms with van der Waals surface area (Å²) in [5, 5.41) is 10.6. The van der Waals surface area contributed by atoms with Gasteiger partial charge in [-0.2, -0.15) is 4.99 Å². The minimum Gasteiger partial charge on any atom is -0.319 e. The van der Waals surface area contributed by atoms with Gasteiger partial charge in [0.1, 0.15) is 4.88 Å². The number of aryl methyl sites for hydroxylation is 2. The second kappa shape index (κ2) is 5.47. The number of thiophene rings is 1. The molecule has 0 aliphatic rings. The molecule has 0 saturated heterocycles. The molecule has 1 aromatic carbocycles. The van der Waals surface area contributed by atoms with Crippen molar-refractivity contribution in [3.05, 3.63) is 55.7 Å². The molecule has 0 bridgehead atoms. The largest absolute Gasteiger partial charge is 0.324 e. The lowest BCUT2D eigenvalue weighted by molar-refractivity contribution is -0.380. The van der Waals surface area contributed by atoms with Crippen LogP contribution in [-0.4, -0.2) is 15.4 Å². The molecule has 0 saturated carbocycles. The highest BCUT2D eigenvalue weighted by molar-refractivity contribution is 7.17. The molecule has 1 amide bonds. The van der Waals surface area contributed by atoms with Gasteiger partial charge in [0, 0.05) is 13.1 Å². The van der Waals surface area contributed by atoms with Gasteiger partial charge in [0.15, 0.2) is 4.80 Å². The lowest BCUT2D eigenvalue weighted by Crippen LogP contribution is -2.13. The average Bonchev–Trinajstić information content (AvgIpc) is 3.06. The molecule has 2 aromatic heterocycles. The highest BCUT2D eigenvalue weighted by Crippen LogP contribution is 2.25. The van der Waals surface area contributed by atoms with E-state index < -0.39 is 10.8 Å². The van der Waals surface area contributed by atoms with E-state index in [1.165, 1.54) is 23.5 Å². The van der Waals surface area contributed by atoms with E-state index in [9.17, 15) is 14.9 Å². The maximum atomic E-state index is 12.2. The van der Waals surface area contributed by atoms with E-state index in [4.69, 9.17) is 0 Å². The number of carbonyl (C=O) groups excluding carboxylic acids is 1. The van der Waals surface area contributed by atoms with E-state index in [1.807, 2.05) is 36.7 Å². The van der Waals surface area contributed by atoms with Crippen LogP contribution in [0.4, 0.5) is 5.00 Å². The number of amides is 1. The van der Waals surface area contributed by atoms with Crippen molar-refractivity contribution in [2.45, 2.75) is 6.92 Å². The lowest BCUT2D eigenvalue weighted by atomic mass is 10.2. The molecule has 0 fully saturated rings. The minimum atomic E-state index is -0.510. The Morgan fingerprint density at radius 3 is 2.68 bits per heavy atom. The SMILES string of the molecule is Cc1cccc2sc(=NC(=O)c3ccc([N+](=O)[O-])s3)n(C)c12. The minimum absolute atomic E-state index is 0.0601. The monoisotopic (exact) mass is 333 g/mol. The third-order valence-corrected chi connectivity index (χ3v) is 5.33. The van der Waals surface area contributed by atoms with Crippen molar-refractivity contribution in [2.75, 3.05) is 0 Å². The molecule has 22 heavy (non-hydrogen) atoms. The van der Waals surface area contributed by atoms with Gasteiger partial charge in [-0.3, -0.25) is 14.9 Å². The third kappa shape index (κ3) is 2.46. The van der Waals surface area contributed by atoms with Crippen LogP contribution < -0.4 is 4.80 Å². The van der Waals surface area contributed by atoms with E-state index in [-0.39, 0.29) is 9.88 Å². The normalized spacial score (nSPS) is 12.0.